The third-order valence-electron chi connectivity index (χ3n) is 3.40. The average Bonchev–Trinajstić information content (AvgIpc) is 3.00. The largest absolute Gasteiger partial charge is 0.339 e. The van der Waals surface area contributed by atoms with Crippen LogP contribution in [0.5, 0.6) is 0 Å². The zero-order valence-electron chi connectivity index (χ0n) is 12.0. The second-order valence-corrected chi connectivity index (χ2v) is 5.50. The number of nitrogens with zero attached hydrogens (tertiary/aromatic N) is 3. The van der Waals surface area contributed by atoms with E-state index in [4.69, 9.17) is 12.2 Å². The van der Waals surface area contributed by atoms with Gasteiger partial charge in [-0.25, -0.2) is 4.98 Å². The number of hydrogen-bond donors (Lipinski definition) is 3. The van der Waals surface area contributed by atoms with E-state index in [2.05, 4.69) is 32.2 Å². The Labute approximate surface area is 131 Å². The van der Waals surface area contributed by atoms with Crippen LogP contribution in [-0.2, 0) is 13.1 Å². The number of aromatic amines is 2. The van der Waals surface area contributed by atoms with Crippen molar-refractivity contribution in [1.29, 1.82) is 0 Å². The Kier molecular flexibility index (Phi) is 4.12. The maximum Gasteiger partial charge on any atom is 0.277 e. The van der Waals surface area contributed by atoms with E-state index >= 15 is 0 Å². The first-order chi connectivity index (χ1) is 10.6. The molecule has 1 atom stereocenters. The van der Waals surface area contributed by atoms with Gasteiger partial charge in [0, 0.05) is 31.5 Å². The molecule has 114 valence electrons. The van der Waals surface area contributed by atoms with Crippen molar-refractivity contribution in [2.75, 3.05) is 0 Å². The van der Waals surface area contributed by atoms with Gasteiger partial charge >= 0.3 is 0 Å². The number of nitrogens with one attached hydrogen (secondary N) is 3. The summed E-state index contributed by atoms with van der Waals surface area (Å²) in [5.41, 5.74) is 1.88. The Morgan fingerprint density at radius 1 is 1.50 bits per heavy atom. The molecule has 0 amide bonds. The van der Waals surface area contributed by atoms with Gasteiger partial charge in [0.1, 0.15) is 5.52 Å². The van der Waals surface area contributed by atoms with Crippen molar-refractivity contribution < 1.29 is 0 Å². The van der Waals surface area contributed by atoms with Crippen molar-refractivity contribution >= 4 is 23.4 Å². The number of pyridine rings is 1. The molecule has 22 heavy (non-hydrogen) atoms. The normalized spacial score (nSPS) is 12.6. The van der Waals surface area contributed by atoms with Crippen molar-refractivity contribution in [3.05, 3.63) is 51.5 Å². The minimum atomic E-state index is -0.246. The lowest BCUT2D eigenvalue weighted by atomic mass is 10.2. The first-order valence-corrected chi connectivity index (χ1v) is 7.34. The standard InChI is InChI=1S/C14H16N6OS/c1-9(16-6-10-3-2-4-15-5-10)7-20-12-11(17-8-18-12)13(21)19-14(20)22/h2-5,8-9,16H,6-7H2,1H3,(H,17,18)(H,19,21,22). The molecule has 3 aromatic heterocycles. The lowest BCUT2D eigenvalue weighted by Gasteiger charge is -2.16. The average molecular weight is 316 g/mol. The molecule has 3 N–H and O–H groups in total. The van der Waals surface area contributed by atoms with Crippen LogP contribution in [0.4, 0.5) is 0 Å². The van der Waals surface area contributed by atoms with Crippen molar-refractivity contribution in [3.8, 4) is 0 Å². The van der Waals surface area contributed by atoms with Crippen LogP contribution in [0.25, 0.3) is 11.2 Å². The molecule has 3 aromatic rings. The quantitative estimate of drug-likeness (QED) is 0.618. The van der Waals surface area contributed by atoms with Gasteiger partial charge in [-0.1, -0.05) is 6.07 Å². The van der Waals surface area contributed by atoms with Crippen molar-refractivity contribution in [2.24, 2.45) is 0 Å². The predicted octanol–water partition coefficient (Wildman–Crippen LogP) is 1.36. The molecule has 0 aliphatic carbocycles. The molecule has 0 aromatic carbocycles. The smallest absolute Gasteiger partial charge is 0.277 e. The third kappa shape index (κ3) is 2.97. The molecule has 3 rings (SSSR count). The molecule has 0 saturated carbocycles. The monoisotopic (exact) mass is 316 g/mol. The van der Waals surface area contributed by atoms with Crippen molar-refractivity contribution in [1.82, 2.24) is 29.8 Å². The fourth-order valence-corrected chi connectivity index (χ4v) is 2.54. The number of H-pyrrole nitrogens is 2. The number of fused-ring (bicyclic) bond motifs is 1. The maximum atomic E-state index is 11.8. The molecule has 0 spiro atoms. The lowest BCUT2D eigenvalue weighted by Crippen LogP contribution is -2.31. The molecule has 0 fully saturated rings. The number of hydrogen-bond acceptors (Lipinski definition) is 5. The van der Waals surface area contributed by atoms with E-state index in [1.807, 2.05) is 22.9 Å². The highest BCUT2D eigenvalue weighted by molar-refractivity contribution is 7.71. The minimum absolute atomic E-state index is 0.151. The van der Waals surface area contributed by atoms with Gasteiger partial charge < -0.3 is 10.3 Å². The Morgan fingerprint density at radius 3 is 3.14 bits per heavy atom. The van der Waals surface area contributed by atoms with Crippen molar-refractivity contribution in [3.63, 3.8) is 0 Å². The second kappa shape index (κ2) is 6.20. The van der Waals surface area contributed by atoms with Crippen LogP contribution in [0.15, 0.2) is 35.6 Å². The summed E-state index contributed by atoms with van der Waals surface area (Å²) in [6.07, 6.45) is 5.08. The molecule has 3 heterocycles. The van der Waals surface area contributed by atoms with Gasteiger partial charge in [-0.2, -0.15) is 0 Å². The minimum Gasteiger partial charge on any atom is -0.339 e. The van der Waals surface area contributed by atoms with Gasteiger partial charge in [0.25, 0.3) is 5.56 Å². The fourth-order valence-electron chi connectivity index (χ4n) is 2.28. The highest BCUT2D eigenvalue weighted by Gasteiger charge is 2.10. The molecule has 8 heteroatoms. The topological polar surface area (TPSA) is 91.4 Å². The van der Waals surface area contributed by atoms with E-state index in [1.165, 1.54) is 6.33 Å². The fraction of sp³-hybridized carbons (Fsp3) is 0.286. The van der Waals surface area contributed by atoms with Crippen LogP contribution in [-0.4, -0.2) is 30.5 Å². The van der Waals surface area contributed by atoms with Gasteiger partial charge in [0.05, 0.1) is 6.33 Å². The zero-order valence-corrected chi connectivity index (χ0v) is 12.9. The van der Waals surface area contributed by atoms with E-state index in [0.717, 1.165) is 12.1 Å². The zero-order chi connectivity index (χ0) is 15.5. The first-order valence-electron chi connectivity index (χ1n) is 6.93. The van der Waals surface area contributed by atoms with E-state index < -0.39 is 0 Å². The summed E-state index contributed by atoms with van der Waals surface area (Å²) in [5, 5.41) is 3.41. The number of imidazole rings is 1. The van der Waals surface area contributed by atoms with Crippen LogP contribution in [0, 0.1) is 4.77 Å². The second-order valence-electron chi connectivity index (χ2n) is 5.11. The van der Waals surface area contributed by atoms with Gasteiger partial charge in [0.15, 0.2) is 10.4 Å². The summed E-state index contributed by atoms with van der Waals surface area (Å²) in [6, 6.07) is 4.08. The van der Waals surface area contributed by atoms with E-state index in [0.29, 0.717) is 22.5 Å². The number of rotatable bonds is 5. The molecule has 0 saturated heterocycles. The Balaban J connectivity index is 1.77. The maximum absolute atomic E-state index is 11.8. The van der Waals surface area contributed by atoms with Crippen LogP contribution in [0.2, 0.25) is 0 Å². The summed E-state index contributed by atoms with van der Waals surface area (Å²) in [5.74, 6) is 0. The van der Waals surface area contributed by atoms with Crippen LogP contribution >= 0.6 is 12.2 Å². The van der Waals surface area contributed by atoms with Gasteiger partial charge in [-0.05, 0) is 30.8 Å². The summed E-state index contributed by atoms with van der Waals surface area (Å²) < 4.78 is 2.20. The van der Waals surface area contributed by atoms with E-state index in [1.54, 1.807) is 6.20 Å². The Hall–Kier alpha value is -2.32. The van der Waals surface area contributed by atoms with Gasteiger partial charge in [0.2, 0.25) is 0 Å². The Morgan fingerprint density at radius 2 is 2.36 bits per heavy atom. The van der Waals surface area contributed by atoms with Gasteiger partial charge in [-0.3, -0.25) is 19.3 Å². The highest BCUT2D eigenvalue weighted by atomic mass is 32.1. The van der Waals surface area contributed by atoms with Gasteiger partial charge in [-0.15, -0.1) is 0 Å². The molecule has 1 unspecified atom stereocenters. The Bertz CT molecular complexity index is 881. The summed E-state index contributed by atoms with van der Waals surface area (Å²) >= 11 is 5.24. The molecular weight excluding hydrogens is 300 g/mol. The number of aromatic nitrogens is 5. The van der Waals surface area contributed by atoms with Crippen LogP contribution < -0.4 is 10.9 Å². The third-order valence-corrected chi connectivity index (χ3v) is 3.72. The molecule has 0 aliphatic heterocycles. The van der Waals surface area contributed by atoms with E-state index in [-0.39, 0.29) is 11.6 Å². The molecule has 7 nitrogen and oxygen atoms in total. The molecular formula is C14H16N6OS. The summed E-state index contributed by atoms with van der Waals surface area (Å²) in [6.45, 7) is 3.38. The first kappa shape index (κ1) is 14.6. The molecule has 0 radical (unpaired) electrons. The van der Waals surface area contributed by atoms with E-state index in [9.17, 15) is 4.79 Å². The molecule has 0 bridgehead atoms. The van der Waals surface area contributed by atoms with Crippen LogP contribution in [0.3, 0.4) is 0 Å². The molecule has 0 aliphatic rings. The lowest BCUT2D eigenvalue weighted by molar-refractivity contribution is 0.475. The summed E-state index contributed by atoms with van der Waals surface area (Å²) in [4.78, 5) is 25.6. The van der Waals surface area contributed by atoms with Crippen LogP contribution in [0.1, 0.15) is 12.5 Å². The summed E-state index contributed by atoms with van der Waals surface area (Å²) in [7, 11) is 0. The predicted molar refractivity (Wildman–Crippen MR) is 86.1 cm³/mol. The van der Waals surface area contributed by atoms with Crippen molar-refractivity contribution in [2.45, 2.75) is 26.1 Å². The SMILES string of the molecule is CC(Cn1c(=S)[nH]c(=O)c2[nH]cnc21)NCc1cccnc1. The highest BCUT2D eigenvalue weighted by Crippen LogP contribution is 2.06.